The highest BCUT2D eigenvalue weighted by atomic mass is 19.1. The minimum Gasteiger partial charge on any atom is -0.507 e. The normalized spacial score (nSPS) is 21.3. The average Bonchev–Trinajstić information content (AvgIpc) is 2.79. The molecular formula is C23H24FN5O. The average molecular weight is 405 g/mol. The zero-order chi connectivity index (χ0) is 20.5. The number of rotatable bonds is 3. The summed E-state index contributed by atoms with van der Waals surface area (Å²) in [5.74, 6) is 0.923. The quantitative estimate of drug-likeness (QED) is 0.699. The van der Waals surface area contributed by atoms with E-state index >= 15 is 0 Å². The Balaban J connectivity index is 1.46. The molecule has 3 heterocycles. The third kappa shape index (κ3) is 3.49. The fourth-order valence-corrected chi connectivity index (χ4v) is 4.63. The molecule has 1 aliphatic carbocycles. The van der Waals surface area contributed by atoms with Crippen molar-refractivity contribution in [3.63, 3.8) is 0 Å². The van der Waals surface area contributed by atoms with Crippen LogP contribution >= 0.6 is 0 Å². The summed E-state index contributed by atoms with van der Waals surface area (Å²) in [5, 5.41) is 27.5. The highest BCUT2D eigenvalue weighted by Gasteiger charge is 2.33. The second kappa shape index (κ2) is 7.97. The monoisotopic (exact) mass is 405 g/mol. The molecule has 1 saturated carbocycles. The lowest BCUT2D eigenvalue weighted by Gasteiger charge is -2.40. The van der Waals surface area contributed by atoms with Gasteiger partial charge in [0, 0.05) is 23.9 Å². The van der Waals surface area contributed by atoms with E-state index in [-0.39, 0.29) is 11.8 Å². The van der Waals surface area contributed by atoms with Gasteiger partial charge in [-0.1, -0.05) is 18.9 Å². The lowest BCUT2D eigenvalue weighted by Crippen LogP contribution is -2.46. The van der Waals surface area contributed by atoms with Crippen LogP contribution in [0.3, 0.4) is 0 Å². The van der Waals surface area contributed by atoms with Crippen LogP contribution < -0.4 is 4.90 Å². The van der Waals surface area contributed by atoms with Crippen molar-refractivity contribution in [1.82, 2.24) is 20.4 Å². The first kappa shape index (κ1) is 18.9. The number of aromatic hydroxyl groups is 1. The first-order valence-electron chi connectivity index (χ1n) is 10.6. The second-order valence-electron chi connectivity index (χ2n) is 8.08. The number of alkyl halides is 1. The number of halogens is 1. The van der Waals surface area contributed by atoms with E-state index < -0.39 is 6.17 Å². The Morgan fingerprint density at radius 3 is 2.67 bits per heavy atom. The van der Waals surface area contributed by atoms with Gasteiger partial charge in [-0.2, -0.15) is 10.2 Å². The van der Waals surface area contributed by atoms with Crippen molar-refractivity contribution < 1.29 is 9.50 Å². The van der Waals surface area contributed by atoms with Crippen LogP contribution in [0.15, 0.2) is 42.6 Å². The number of hydrogen-bond acceptors (Lipinski definition) is 6. The van der Waals surface area contributed by atoms with E-state index in [1.165, 1.54) is 0 Å². The minimum atomic E-state index is -0.802. The number of aryl methyl sites for hydroxylation is 1. The van der Waals surface area contributed by atoms with Gasteiger partial charge in [-0.15, -0.1) is 10.2 Å². The lowest BCUT2D eigenvalue weighted by molar-refractivity contribution is 0.207. The van der Waals surface area contributed by atoms with Crippen LogP contribution in [0.2, 0.25) is 0 Å². The molecule has 1 aliphatic heterocycles. The van der Waals surface area contributed by atoms with E-state index in [2.05, 4.69) is 25.3 Å². The van der Waals surface area contributed by atoms with Gasteiger partial charge in [-0.05, 0) is 61.6 Å². The molecule has 0 unspecified atom stereocenters. The van der Waals surface area contributed by atoms with Gasteiger partial charge in [0.25, 0.3) is 0 Å². The number of anilines is 1. The van der Waals surface area contributed by atoms with Gasteiger partial charge in [0.1, 0.15) is 11.9 Å². The molecule has 0 bridgehead atoms. The molecule has 6 nitrogen and oxygen atoms in total. The van der Waals surface area contributed by atoms with Crippen LogP contribution in [0.25, 0.3) is 22.5 Å². The zero-order valence-corrected chi connectivity index (χ0v) is 16.7. The van der Waals surface area contributed by atoms with Gasteiger partial charge in [-0.3, -0.25) is 0 Å². The first-order valence-corrected chi connectivity index (χ1v) is 10.6. The summed E-state index contributed by atoms with van der Waals surface area (Å²) in [6.45, 7) is 0.824. The Morgan fingerprint density at radius 1 is 0.967 bits per heavy atom. The fraction of sp³-hybridized carbons (Fsp3) is 0.391. The van der Waals surface area contributed by atoms with E-state index in [1.54, 1.807) is 12.3 Å². The van der Waals surface area contributed by atoms with Gasteiger partial charge in [0.05, 0.1) is 17.4 Å². The van der Waals surface area contributed by atoms with Gasteiger partial charge in [0.15, 0.2) is 5.82 Å². The van der Waals surface area contributed by atoms with Crippen molar-refractivity contribution >= 4 is 5.82 Å². The number of hydrogen-bond donors (Lipinski definition) is 1. The largest absolute Gasteiger partial charge is 0.507 e. The third-order valence-corrected chi connectivity index (χ3v) is 6.16. The van der Waals surface area contributed by atoms with E-state index in [0.717, 1.165) is 55.6 Å². The summed E-state index contributed by atoms with van der Waals surface area (Å²) in [5.41, 5.74) is 3.80. The van der Waals surface area contributed by atoms with Crippen molar-refractivity contribution in [2.75, 3.05) is 11.4 Å². The Bertz CT molecular complexity index is 1050. The fourth-order valence-electron chi connectivity index (χ4n) is 4.63. The Labute approximate surface area is 174 Å². The lowest BCUT2D eigenvalue weighted by atomic mass is 9.90. The summed E-state index contributed by atoms with van der Waals surface area (Å²) < 4.78 is 14.6. The zero-order valence-electron chi connectivity index (χ0n) is 16.7. The van der Waals surface area contributed by atoms with Crippen LogP contribution in [-0.4, -0.2) is 44.3 Å². The molecule has 0 spiro atoms. The minimum absolute atomic E-state index is 0.0994. The third-order valence-electron chi connectivity index (χ3n) is 6.16. The Kier molecular flexibility index (Phi) is 5.02. The molecule has 0 radical (unpaired) electrons. The summed E-state index contributed by atoms with van der Waals surface area (Å²) in [7, 11) is 0. The van der Waals surface area contributed by atoms with Crippen LogP contribution in [0.1, 0.15) is 37.7 Å². The molecule has 0 amide bonds. The van der Waals surface area contributed by atoms with Crippen molar-refractivity contribution in [3.8, 4) is 28.3 Å². The first-order chi connectivity index (χ1) is 14.7. The molecular weight excluding hydrogens is 381 g/mol. The van der Waals surface area contributed by atoms with Crippen molar-refractivity contribution in [2.45, 2.75) is 50.7 Å². The van der Waals surface area contributed by atoms with Crippen LogP contribution in [0.5, 0.6) is 5.75 Å². The molecule has 30 heavy (non-hydrogen) atoms. The van der Waals surface area contributed by atoms with Crippen molar-refractivity contribution in [2.24, 2.45) is 0 Å². The van der Waals surface area contributed by atoms with Crippen LogP contribution in [0, 0.1) is 0 Å². The predicted octanol–water partition coefficient (Wildman–Crippen LogP) is 4.34. The van der Waals surface area contributed by atoms with E-state index in [0.29, 0.717) is 23.4 Å². The molecule has 1 fully saturated rings. The maximum atomic E-state index is 14.6. The highest BCUT2D eigenvalue weighted by Crippen LogP contribution is 2.36. The van der Waals surface area contributed by atoms with Crippen molar-refractivity contribution in [3.05, 3.63) is 48.2 Å². The molecule has 154 valence electrons. The van der Waals surface area contributed by atoms with Gasteiger partial charge in [0.2, 0.25) is 0 Å². The molecule has 2 aromatic heterocycles. The Morgan fingerprint density at radius 2 is 1.87 bits per heavy atom. The second-order valence-corrected chi connectivity index (χ2v) is 8.08. The smallest absolute Gasteiger partial charge is 0.154 e. The van der Waals surface area contributed by atoms with Gasteiger partial charge >= 0.3 is 0 Å². The topological polar surface area (TPSA) is 75.0 Å². The summed E-state index contributed by atoms with van der Waals surface area (Å²) in [6, 6.07) is 10.9. The number of phenolic OH excluding ortho intramolecular Hbond substituents is 1. The molecule has 3 aromatic rings. The number of benzene rings is 1. The van der Waals surface area contributed by atoms with Gasteiger partial charge < -0.3 is 10.0 Å². The maximum Gasteiger partial charge on any atom is 0.154 e. The highest BCUT2D eigenvalue weighted by molar-refractivity contribution is 5.73. The summed E-state index contributed by atoms with van der Waals surface area (Å²) in [6.07, 6.45) is 6.20. The molecule has 7 heteroatoms. The Hall–Kier alpha value is -3.09. The van der Waals surface area contributed by atoms with Gasteiger partial charge in [-0.25, -0.2) is 4.39 Å². The summed E-state index contributed by atoms with van der Waals surface area (Å²) >= 11 is 0. The maximum absolute atomic E-state index is 14.6. The molecule has 2 atom stereocenters. The number of phenols is 1. The SMILES string of the molecule is Oc1cc(-c2cccnn2)ccc1-c1cc2c(nn1)N([C@H]1CCCC[C@H]1F)CCC2. The molecule has 1 aromatic carbocycles. The number of fused-ring (bicyclic) bond motifs is 1. The number of aromatic nitrogens is 4. The molecule has 5 rings (SSSR count). The molecule has 1 N–H and O–H groups in total. The molecule has 0 saturated heterocycles. The van der Waals surface area contributed by atoms with Crippen molar-refractivity contribution in [1.29, 1.82) is 0 Å². The molecule has 2 aliphatic rings. The van der Waals surface area contributed by atoms with Crippen LogP contribution in [0.4, 0.5) is 10.2 Å². The standard InChI is InChI=1S/C23H24FN5O/c24-18-6-1-2-8-21(18)29-12-4-5-16-13-20(27-28-23(16)29)17-10-9-15(14-22(17)30)19-7-3-11-25-26-19/h3,7,9-11,13-14,18,21,30H,1-2,4-6,8,12H2/t18-,21+/m1/s1. The number of nitrogens with zero attached hydrogens (tertiary/aromatic N) is 5. The summed E-state index contributed by atoms with van der Waals surface area (Å²) in [4.78, 5) is 2.12. The predicted molar refractivity (Wildman–Crippen MR) is 113 cm³/mol. The van der Waals surface area contributed by atoms with Crippen LogP contribution in [-0.2, 0) is 6.42 Å². The van der Waals surface area contributed by atoms with E-state index in [9.17, 15) is 9.50 Å². The van der Waals surface area contributed by atoms with E-state index in [4.69, 9.17) is 0 Å². The van der Waals surface area contributed by atoms with E-state index in [1.807, 2.05) is 30.3 Å².